The molecule has 2 aromatic carbocycles. The average molecular weight is 693 g/mol. The predicted octanol–water partition coefficient (Wildman–Crippen LogP) is 15.3. The van der Waals surface area contributed by atoms with Gasteiger partial charge < -0.3 is 4.74 Å². The number of benzene rings is 2. The van der Waals surface area contributed by atoms with Crippen LogP contribution in [-0.4, -0.2) is 11.9 Å². The fraction of sp³-hybridized carbons (Fsp3) is 0.458. The molecule has 1 unspecified atom stereocenters. The maximum atomic E-state index is 5.82. The van der Waals surface area contributed by atoms with Crippen molar-refractivity contribution in [1.82, 2.24) is 0 Å². The lowest BCUT2D eigenvalue weighted by atomic mass is 10.0. The first-order valence-electron chi connectivity index (χ1n) is 19.0. The van der Waals surface area contributed by atoms with Gasteiger partial charge in [-0.05, 0) is 144 Å². The molecule has 1 nitrogen and oxygen atoms in total. The van der Waals surface area contributed by atoms with E-state index in [1.165, 1.54) is 55.9 Å². The maximum Gasteiger partial charge on any atom is 0.0721 e. The third-order valence-corrected chi connectivity index (χ3v) is 10.1. The van der Waals surface area contributed by atoms with E-state index in [0.29, 0.717) is 18.5 Å². The van der Waals surface area contributed by atoms with Crippen LogP contribution in [0.5, 0.6) is 0 Å². The van der Waals surface area contributed by atoms with E-state index in [2.05, 4.69) is 153 Å². The SMILES string of the molecule is CC(C)=CCC/C(C)=C/CC/C(C)=C/CC/C(C)=C/C(C/C(C)=C/CC/C(C)=C/CC/C(C)=C/COCc1ccccc1)Sc1ccccc1. The molecule has 0 aliphatic heterocycles. The van der Waals surface area contributed by atoms with Crippen LogP contribution in [0.1, 0.15) is 132 Å². The molecule has 2 aromatic rings. The van der Waals surface area contributed by atoms with Gasteiger partial charge in [0.15, 0.2) is 0 Å². The van der Waals surface area contributed by atoms with Gasteiger partial charge in [0.05, 0.1) is 13.2 Å². The van der Waals surface area contributed by atoms with Crippen molar-refractivity contribution in [3.05, 3.63) is 148 Å². The summed E-state index contributed by atoms with van der Waals surface area (Å²) in [4.78, 5) is 1.35. The number of hydrogen-bond donors (Lipinski definition) is 0. The van der Waals surface area contributed by atoms with Crippen LogP contribution in [0, 0.1) is 0 Å². The molecule has 0 aliphatic carbocycles. The van der Waals surface area contributed by atoms with Crippen LogP contribution < -0.4 is 0 Å². The van der Waals surface area contributed by atoms with Gasteiger partial charge in [0.25, 0.3) is 0 Å². The first-order chi connectivity index (χ1) is 24.1. The summed E-state index contributed by atoms with van der Waals surface area (Å²) in [6.07, 6.45) is 29.3. The third-order valence-electron chi connectivity index (χ3n) is 8.90. The van der Waals surface area contributed by atoms with Gasteiger partial charge in [0, 0.05) is 10.1 Å². The summed E-state index contributed by atoms with van der Waals surface area (Å²) in [6.45, 7) is 19.4. The molecule has 0 amide bonds. The van der Waals surface area contributed by atoms with Gasteiger partial charge in [-0.25, -0.2) is 0 Å². The fourth-order valence-electron chi connectivity index (χ4n) is 5.74. The van der Waals surface area contributed by atoms with E-state index < -0.39 is 0 Å². The van der Waals surface area contributed by atoms with Gasteiger partial charge in [-0.3, -0.25) is 0 Å². The van der Waals surface area contributed by atoms with E-state index >= 15 is 0 Å². The van der Waals surface area contributed by atoms with E-state index in [-0.39, 0.29) is 0 Å². The monoisotopic (exact) mass is 692 g/mol. The highest BCUT2D eigenvalue weighted by Crippen LogP contribution is 2.30. The van der Waals surface area contributed by atoms with Crippen LogP contribution in [0.25, 0.3) is 0 Å². The van der Waals surface area contributed by atoms with Crippen LogP contribution in [0.15, 0.2) is 147 Å². The normalized spacial score (nSPS) is 14.2. The van der Waals surface area contributed by atoms with E-state index in [4.69, 9.17) is 4.74 Å². The van der Waals surface area contributed by atoms with Crippen molar-refractivity contribution >= 4 is 11.8 Å². The summed E-state index contributed by atoms with van der Waals surface area (Å²) in [5.41, 5.74) is 11.5. The smallest absolute Gasteiger partial charge is 0.0721 e. The Kier molecular flexibility index (Phi) is 23.0. The quantitative estimate of drug-likeness (QED) is 0.0615. The highest BCUT2D eigenvalue weighted by atomic mass is 32.2. The molecular weight excluding hydrogens is 625 g/mol. The molecule has 2 rings (SSSR count). The molecule has 0 heterocycles. The van der Waals surface area contributed by atoms with Gasteiger partial charge >= 0.3 is 0 Å². The first kappa shape index (κ1) is 43.1. The predicted molar refractivity (Wildman–Crippen MR) is 225 cm³/mol. The van der Waals surface area contributed by atoms with Crippen molar-refractivity contribution in [1.29, 1.82) is 0 Å². The van der Waals surface area contributed by atoms with Crippen LogP contribution in [0.3, 0.4) is 0 Å². The molecule has 0 aromatic heterocycles. The fourth-order valence-corrected chi connectivity index (χ4v) is 7.05. The zero-order valence-electron chi connectivity index (χ0n) is 32.9. The summed E-state index contributed by atoms with van der Waals surface area (Å²) >= 11 is 2.00. The Morgan fingerprint density at radius 3 is 1.48 bits per heavy atom. The molecule has 272 valence electrons. The molecule has 0 bridgehead atoms. The Morgan fingerprint density at radius 2 is 0.960 bits per heavy atom. The highest BCUT2D eigenvalue weighted by molar-refractivity contribution is 8.00. The maximum absolute atomic E-state index is 5.82. The number of rotatable bonds is 24. The molecule has 0 radical (unpaired) electrons. The number of hydrogen-bond acceptors (Lipinski definition) is 2. The van der Waals surface area contributed by atoms with Crippen molar-refractivity contribution in [3.63, 3.8) is 0 Å². The zero-order chi connectivity index (χ0) is 36.4. The topological polar surface area (TPSA) is 9.23 Å². The van der Waals surface area contributed by atoms with Crippen LogP contribution >= 0.6 is 11.8 Å². The van der Waals surface area contributed by atoms with Crippen molar-refractivity contribution in [2.75, 3.05) is 6.61 Å². The van der Waals surface area contributed by atoms with E-state index in [1.807, 2.05) is 17.8 Å². The molecule has 0 N–H and O–H groups in total. The van der Waals surface area contributed by atoms with Crippen molar-refractivity contribution in [3.8, 4) is 0 Å². The van der Waals surface area contributed by atoms with Crippen LogP contribution in [-0.2, 0) is 11.3 Å². The summed E-state index contributed by atoms with van der Waals surface area (Å²) in [5, 5.41) is 0.446. The van der Waals surface area contributed by atoms with Gasteiger partial charge in [-0.2, -0.15) is 0 Å². The summed E-state index contributed by atoms with van der Waals surface area (Å²) in [7, 11) is 0. The lowest BCUT2D eigenvalue weighted by Crippen LogP contribution is -2.01. The Labute approximate surface area is 312 Å². The highest BCUT2D eigenvalue weighted by Gasteiger charge is 2.10. The Balaban J connectivity index is 1.81. The lowest BCUT2D eigenvalue weighted by molar-refractivity contribution is 0.148. The van der Waals surface area contributed by atoms with Crippen LogP contribution in [0.4, 0.5) is 0 Å². The third kappa shape index (κ3) is 22.6. The van der Waals surface area contributed by atoms with E-state index in [0.717, 1.165) is 64.2 Å². The minimum absolute atomic E-state index is 0.446. The molecule has 0 fully saturated rings. The zero-order valence-corrected chi connectivity index (χ0v) is 33.7. The minimum atomic E-state index is 0.446. The molecule has 1 atom stereocenters. The van der Waals surface area contributed by atoms with Gasteiger partial charge in [-0.1, -0.05) is 130 Å². The Hall–Kier alpha value is -3.07. The van der Waals surface area contributed by atoms with Gasteiger partial charge in [0.1, 0.15) is 0 Å². The molecule has 0 saturated heterocycles. The van der Waals surface area contributed by atoms with E-state index in [1.54, 1.807) is 0 Å². The molecule has 0 aliphatic rings. The lowest BCUT2D eigenvalue weighted by Gasteiger charge is -2.15. The second-order valence-electron chi connectivity index (χ2n) is 14.4. The number of thioether (sulfide) groups is 1. The summed E-state index contributed by atoms with van der Waals surface area (Å²) in [5.74, 6) is 0. The Bertz CT molecular complexity index is 1430. The van der Waals surface area contributed by atoms with Crippen molar-refractivity contribution in [2.24, 2.45) is 0 Å². The van der Waals surface area contributed by atoms with Crippen molar-refractivity contribution in [2.45, 2.75) is 143 Å². The standard InChI is InChI=1S/C48H68OS/c1-39(2)20-15-21-40(3)22-16-23-41(4)25-18-28-44(7)36-48(50-47-32-13-10-14-33-47)37-45(8)29-19-26-42(5)24-17-27-43(6)34-35-49-38-46-30-11-9-12-31-46/h9-14,20,22,24-25,29-34,36,48H,15-19,21,23,26-28,35,37-38H2,1-8H3/b40-22+,41-25+,42-24+,43-34+,44-36+,45-29+. The second-order valence-corrected chi connectivity index (χ2v) is 15.7. The van der Waals surface area contributed by atoms with Gasteiger partial charge in [0.2, 0.25) is 0 Å². The first-order valence-corrected chi connectivity index (χ1v) is 19.9. The number of allylic oxidation sites excluding steroid dienone is 12. The summed E-state index contributed by atoms with van der Waals surface area (Å²) < 4.78 is 5.82. The van der Waals surface area contributed by atoms with Crippen molar-refractivity contribution < 1.29 is 4.74 Å². The van der Waals surface area contributed by atoms with Crippen LogP contribution in [0.2, 0.25) is 0 Å². The average Bonchev–Trinajstić information content (AvgIpc) is 3.07. The molecular formula is C48H68OS. The van der Waals surface area contributed by atoms with E-state index in [9.17, 15) is 0 Å². The summed E-state index contributed by atoms with van der Waals surface area (Å²) in [6, 6.07) is 21.3. The van der Waals surface area contributed by atoms with Gasteiger partial charge in [-0.15, -0.1) is 11.8 Å². The Morgan fingerprint density at radius 1 is 0.520 bits per heavy atom. The largest absolute Gasteiger partial charge is 0.373 e. The molecule has 50 heavy (non-hydrogen) atoms. The molecule has 2 heteroatoms. The number of ether oxygens (including phenoxy) is 1. The molecule has 0 saturated carbocycles. The minimum Gasteiger partial charge on any atom is -0.373 e. The second kappa shape index (κ2) is 26.7. The molecule has 0 spiro atoms.